The molecule has 4 rings (SSSR count). The summed E-state index contributed by atoms with van der Waals surface area (Å²) in [7, 11) is 0. The molecule has 2 N–H and O–H groups in total. The molecule has 152 valence electrons. The van der Waals surface area contributed by atoms with E-state index >= 15 is 4.39 Å². The molecule has 4 aliphatic carbocycles. The standard InChI is InChI=1S/C22H27FO5/c1-12-8-16-15-5-4-13-9-14(25)6-7-19(13,2)21(15,23)17(26)10-20(16,3)22(12,28)18(27)11-24/h6-7,9,11-12,15-17,26,28H,4-5,8,10H2,1-3H3/t12-,15+,16+,17+,19+,20+,21+,22+/m1/s1. The molecule has 3 saturated carbocycles. The van der Waals surface area contributed by atoms with Gasteiger partial charge in [-0.3, -0.25) is 14.4 Å². The number of ketones is 2. The van der Waals surface area contributed by atoms with E-state index < -0.39 is 45.8 Å². The number of aliphatic hydroxyl groups is 2. The van der Waals surface area contributed by atoms with Crippen LogP contribution in [0.25, 0.3) is 0 Å². The summed E-state index contributed by atoms with van der Waals surface area (Å²) in [5.74, 6) is -2.52. The third-order valence-corrected chi connectivity index (χ3v) is 8.71. The molecule has 0 aromatic carbocycles. The minimum Gasteiger partial charge on any atom is -0.390 e. The van der Waals surface area contributed by atoms with E-state index in [1.54, 1.807) is 26.8 Å². The van der Waals surface area contributed by atoms with Gasteiger partial charge in [0.25, 0.3) is 0 Å². The third-order valence-electron chi connectivity index (χ3n) is 8.71. The zero-order valence-electron chi connectivity index (χ0n) is 16.4. The van der Waals surface area contributed by atoms with Gasteiger partial charge in [0.1, 0.15) is 5.60 Å². The van der Waals surface area contributed by atoms with Gasteiger partial charge in [-0.2, -0.15) is 0 Å². The Morgan fingerprint density at radius 1 is 1.32 bits per heavy atom. The molecule has 3 fully saturated rings. The van der Waals surface area contributed by atoms with Crippen LogP contribution in [0.5, 0.6) is 0 Å². The molecule has 0 aliphatic heterocycles. The lowest BCUT2D eigenvalue weighted by molar-refractivity contribution is -0.218. The average Bonchev–Trinajstić information content (AvgIpc) is 2.84. The summed E-state index contributed by atoms with van der Waals surface area (Å²) in [6.45, 7) is 5.15. The van der Waals surface area contributed by atoms with Crippen molar-refractivity contribution in [3.63, 3.8) is 0 Å². The Balaban J connectivity index is 1.85. The lowest BCUT2D eigenvalue weighted by atomic mass is 9.44. The molecule has 28 heavy (non-hydrogen) atoms. The molecule has 0 heterocycles. The first kappa shape index (κ1) is 19.6. The lowest BCUT2D eigenvalue weighted by Gasteiger charge is -2.62. The minimum atomic E-state index is -2.01. The van der Waals surface area contributed by atoms with Crippen molar-refractivity contribution in [1.29, 1.82) is 0 Å². The summed E-state index contributed by atoms with van der Waals surface area (Å²) in [5, 5.41) is 22.4. The van der Waals surface area contributed by atoms with Crippen molar-refractivity contribution >= 4 is 17.9 Å². The van der Waals surface area contributed by atoms with Crippen molar-refractivity contribution in [2.45, 2.75) is 63.8 Å². The van der Waals surface area contributed by atoms with Gasteiger partial charge in [-0.25, -0.2) is 4.39 Å². The van der Waals surface area contributed by atoms with Gasteiger partial charge in [0.2, 0.25) is 5.78 Å². The molecule has 0 aromatic heterocycles. The molecule has 0 aromatic rings. The van der Waals surface area contributed by atoms with Crippen LogP contribution in [0.15, 0.2) is 23.8 Å². The number of allylic oxidation sites excluding steroid dienone is 4. The van der Waals surface area contributed by atoms with Crippen molar-refractivity contribution in [1.82, 2.24) is 0 Å². The van der Waals surface area contributed by atoms with Gasteiger partial charge in [0, 0.05) is 16.7 Å². The maximum absolute atomic E-state index is 16.8. The van der Waals surface area contributed by atoms with Crippen LogP contribution in [0.3, 0.4) is 0 Å². The molecular weight excluding hydrogens is 363 g/mol. The summed E-state index contributed by atoms with van der Waals surface area (Å²) in [5.41, 5.74) is -5.42. The monoisotopic (exact) mass is 390 g/mol. The number of aliphatic hydroxyl groups excluding tert-OH is 1. The van der Waals surface area contributed by atoms with Gasteiger partial charge < -0.3 is 10.2 Å². The topological polar surface area (TPSA) is 91.7 Å². The second-order valence-corrected chi connectivity index (χ2v) is 9.65. The van der Waals surface area contributed by atoms with Gasteiger partial charge in [-0.05, 0) is 56.6 Å². The van der Waals surface area contributed by atoms with Crippen LogP contribution < -0.4 is 0 Å². The number of hydrogen-bond acceptors (Lipinski definition) is 5. The first-order valence-corrected chi connectivity index (χ1v) is 10.00. The number of carbonyl (C=O) groups excluding carboxylic acids is 3. The molecule has 0 spiro atoms. The number of carbonyl (C=O) groups is 3. The highest BCUT2D eigenvalue weighted by Gasteiger charge is 2.75. The third kappa shape index (κ3) is 1.96. The van der Waals surface area contributed by atoms with Crippen molar-refractivity contribution in [2.75, 3.05) is 0 Å². The normalized spacial score (nSPS) is 52.4. The van der Waals surface area contributed by atoms with E-state index in [1.807, 2.05) is 0 Å². The van der Waals surface area contributed by atoms with E-state index in [9.17, 15) is 24.6 Å². The van der Waals surface area contributed by atoms with E-state index in [-0.39, 0.29) is 24.4 Å². The summed E-state index contributed by atoms with van der Waals surface area (Å²) < 4.78 is 16.8. The fourth-order valence-electron chi connectivity index (χ4n) is 7.16. The predicted molar refractivity (Wildman–Crippen MR) is 98.9 cm³/mol. The number of rotatable bonds is 2. The van der Waals surface area contributed by atoms with E-state index in [4.69, 9.17) is 0 Å². The van der Waals surface area contributed by atoms with Gasteiger partial charge in [-0.1, -0.05) is 25.5 Å². The number of halogens is 1. The van der Waals surface area contributed by atoms with Gasteiger partial charge in [-0.15, -0.1) is 0 Å². The Morgan fingerprint density at radius 2 is 2.00 bits per heavy atom. The Labute approximate surface area is 163 Å². The molecule has 6 heteroatoms. The summed E-state index contributed by atoms with van der Waals surface area (Å²) in [4.78, 5) is 35.5. The lowest BCUT2D eigenvalue weighted by Crippen LogP contribution is -2.69. The van der Waals surface area contributed by atoms with E-state index in [1.165, 1.54) is 12.2 Å². The number of fused-ring (bicyclic) bond motifs is 5. The van der Waals surface area contributed by atoms with E-state index in [0.29, 0.717) is 24.8 Å². The minimum absolute atomic E-state index is 0.115. The number of alkyl halides is 1. The van der Waals surface area contributed by atoms with Crippen LogP contribution in [0.1, 0.15) is 46.5 Å². The first-order valence-electron chi connectivity index (χ1n) is 10.00. The van der Waals surface area contributed by atoms with Crippen LogP contribution in [0.2, 0.25) is 0 Å². The molecule has 0 radical (unpaired) electrons. The Hall–Kier alpha value is -1.66. The number of hydrogen-bond donors (Lipinski definition) is 2. The van der Waals surface area contributed by atoms with Crippen LogP contribution in [-0.4, -0.2) is 45.4 Å². The summed E-state index contributed by atoms with van der Waals surface area (Å²) in [6.07, 6.45) is 4.37. The Morgan fingerprint density at radius 3 is 2.64 bits per heavy atom. The van der Waals surface area contributed by atoms with Crippen molar-refractivity contribution in [3.8, 4) is 0 Å². The Bertz CT molecular complexity index is 833. The number of Topliss-reactive ketones (excluding diaryl/α,β-unsaturated/α-hetero) is 1. The zero-order chi connectivity index (χ0) is 20.7. The highest BCUT2D eigenvalue weighted by atomic mass is 19.1. The second-order valence-electron chi connectivity index (χ2n) is 9.65. The second kappa shape index (κ2) is 5.70. The van der Waals surface area contributed by atoms with Gasteiger partial charge >= 0.3 is 0 Å². The van der Waals surface area contributed by atoms with Crippen molar-refractivity contribution < 1.29 is 29.0 Å². The molecular formula is C22H27FO5. The average molecular weight is 390 g/mol. The molecule has 8 atom stereocenters. The highest BCUT2D eigenvalue weighted by molar-refractivity contribution is 6.29. The maximum atomic E-state index is 16.8. The Kier molecular flexibility index (Phi) is 4.00. The quantitative estimate of drug-likeness (QED) is 0.557. The number of aldehydes is 1. The molecule has 0 bridgehead atoms. The SMILES string of the molecule is C[C@@H]1C[C@H]2[C@@H]3CCC4=CC(=O)C=C[C@]4(C)[C@@]3(F)[C@@H](O)C[C@]2(C)[C@@]1(O)C(=O)C=O. The fraction of sp³-hybridized carbons (Fsp3) is 0.682. The summed E-state index contributed by atoms with van der Waals surface area (Å²) in [6, 6.07) is 0. The first-order chi connectivity index (χ1) is 13.0. The predicted octanol–water partition coefficient (Wildman–Crippen LogP) is 2.10. The molecule has 4 aliphatic rings. The van der Waals surface area contributed by atoms with Crippen LogP contribution >= 0.6 is 0 Å². The molecule has 0 amide bonds. The van der Waals surface area contributed by atoms with Crippen molar-refractivity contribution in [3.05, 3.63) is 23.8 Å². The largest absolute Gasteiger partial charge is 0.390 e. The highest BCUT2D eigenvalue weighted by Crippen LogP contribution is 2.70. The fourth-order valence-corrected chi connectivity index (χ4v) is 7.16. The molecule has 0 saturated heterocycles. The molecule has 5 nitrogen and oxygen atoms in total. The molecule has 0 unspecified atom stereocenters. The van der Waals surface area contributed by atoms with E-state index in [0.717, 1.165) is 0 Å². The zero-order valence-corrected chi connectivity index (χ0v) is 16.4. The van der Waals surface area contributed by atoms with Gasteiger partial charge in [0.15, 0.2) is 17.7 Å². The maximum Gasteiger partial charge on any atom is 0.227 e. The van der Waals surface area contributed by atoms with Crippen LogP contribution in [0, 0.1) is 28.6 Å². The van der Waals surface area contributed by atoms with Crippen LogP contribution in [0.4, 0.5) is 4.39 Å². The smallest absolute Gasteiger partial charge is 0.227 e. The van der Waals surface area contributed by atoms with Gasteiger partial charge in [0.05, 0.1) is 6.10 Å². The van der Waals surface area contributed by atoms with Crippen LogP contribution in [-0.2, 0) is 14.4 Å². The van der Waals surface area contributed by atoms with E-state index in [2.05, 4.69) is 0 Å². The van der Waals surface area contributed by atoms with Crippen molar-refractivity contribution in [2.24, 2.45) is 28.6 Å². The summed E-state index contributed by atoms with van der Waals surface area (Å²) >= 11 is 0.